The van der Waals surface area contributed by atoms with E-state index in [0.717, 1.165) is 11.4 Å². The molecule has 2 nitrogen and oxygen atoms in total. The van der Waals surface area contributed by atoms with Crippen LogP contribution in [0.15, 0.2) is 18.2 Å². The zero-order valence-corrected chi connectivity index (χ0v) is 9.59. The van der Waals surface area contributed by atoms with Gasteiger partial charge in [0.25, 0.3) is 0 Å². The van der Waals surface area contributed by atoms with Gasteiger partial charge in [-0.2, -0.15) is 0 Å². The second-order valence-electron chi connectivity index (χ2n) is 4.48. The van der Waals surface area contributed by atoms with E-state index in [2.05, 4.69) is 13.0 Å². The van der Waals surface area contributed by atoms with Gasteiger partial charge in [0.05, 0.1) is 6.61 Å². The van der Waals surface area contributed by atoms with E-state index in [9.17, 15) is 5.11 Å². The third-order valence-corrected chi connectivity index (χ3v) is 3.75. The number of aliphatic hydroxyl groups is 1. The van der Waals surface area contributed by atoms with Crippen molar-refractivity contribution < 1.29 is 5.11 Å². The van der Waals surface area contributed by atoms with Crippen LogP contribution in [0.3, 0.4) is 0 Å². The summed E-state index contributed by atoms with van der Waals surface area (Å²) < 4.78 is 0. The highest BCUT2D eigenvalue weighted by Gasteiger charge is 2.53. The molecule has 2 unspecified atom stereocenters. The van der Waals surface area contributed by atoms with Gasteiger partial charge >= 0.3 is 0 Å². The van der Waals surface area contributed by atoms with Crippen molar-refractivity contribution in [3.05, 3.63) is 34.3 Å². The van der Waals surface area contributed by atoms with E-state index in [1.165, 1.54) is 11.1 Å². The summed E-state index contributed by atoms with van der Waals surface area (Å²) in [4.78, 5) is 0. The van der Waals surface area contributed by atoms with E-state index in [-0.39, 0.29) is 12.0 Å². The molecule has 1 saturated carbocycles. The highest BCUT2D eigenvalue weighted by molar-refractivity contribution is 6.30. The van der Waals surface area contributed by atoms with Gasteiger partial charge in [-0.3, -0.25) is 0 Å². The Morgan fingerprint density at radius 2 is 2.33 bits per heavy atom. The van der Waals surface area contributed by atoms with E-state index in [1.807, 2.05) is 12.1 Å². The fraction of sp³-hybridized carbons (Fsp3) is 0.500. The molecule has 1 fully saturated rings. The van der Waals surface area contributed by atoms with Gasteiger partial charge in [-0.05, 0) is 42.5 Å². The molecule has 82 valence electrons. The Bertz CT molecular complexity index is 374. The Kier molecular flexibility index (Phi) is 2.75. The van der Waals surface area contributed by atoms with Crippen molar-refractivity contribution in [3.63, 3.8) is 0 Å². The zero-order chi connectivity index (χ0) is 11.1. The molecule has 2 atom stereocenters. The Hall–Kier alpha value is -0.570. The van der Waals surface area contributed by atoms with Crippen LogP contribution in [0, 0.1) is 12.3 Å². The maximum Gasteiger partial charge on any atom is 0.0505 e. The number of aryl methyl sites for hydroxylation is 1. The lowest BCUT2D eigenvalue weighted by Gasteiger charge is -2.12. The molecule has 0 aromatic heterocycles. The van der Waals surface area contributed by atoms with Gasteiger partial charge in [0.2, 0.25) is 0 Å². The first-order valence-electron chi connectivity index (χ1n) is 5.20. The van der Waals surface area contributed by atoms with Gasteiger partial charge in [0.15, 0.2) is 0 Å². The van der Waals surface area contributed by atoms with Crippen LogP contribution in [0.25, 0.3) is 0 Å². The largest absolute Gasteiger partial charge is 0.396 e. The van der Waals surface area contributed by atoms with Crippen molar-refractivity contribution in [2.75, 3.05) is 13.2 Å². The van der Waals surface area contributed by atoms with Gasteiger partial charge in [-0.15, -0.1) is 0 Å². The molecule has 0 aliphatic heterocycles. The summed E-state index contributed by atoms with van der Waals surface area (Å²) in [6.07, 6.45) is 0.989. The molecule has 1 aliphatic carbocycles. The minimum absolute atomic E-state index is 0.0708. The van der Waals surface area contributed by atoms with Crippen LogP contribution in [0.2, 0.25) is 5.02 Å². The lowest BCUT2D eigenvalue weighted by molar-refractivity contribution is 0.211. The average Bonchev–Trinajstić information content (AvgIpc) is 2.93. The Morgan fingerprint density at radius 1 is 1.60 bits per heavy atom. The van der Waals surface area contributed by atoms with Gasteiger partial charge in [-0.25, -0.2) is 0 Å². The van der Waals surface area contributed by atoms with Crippen LogP contribution >= 0.6 is 11.6 Å². The van der Waals surface area contributed by atoms with Gasteiger partial charge < -0.3 is 10.8 Å². The van der Waals surface area contributed by atoms with Crippen LogP contribution in [-0.2, 0) is 0 Å². The van der Waals surface area contributed by atoms with Gasteiger partial charge in [0, 0.05) is 17.0 Å². The molecule has 0 saturated heterocycles. The standard InChI is InChI=1S/C12H16ClNO/c1-8-4-9(13)2-3-10(8)11-5-12(11,6-14)7-15/h2-4,11,15H,5-7,14H2,1H3. The maximum absolute atomic E-state index is 9.33. The Balaban J connectivity index is 2.26. The Labute approximate surface area is 95.1 Å². The molecule has 15 heavy (non-hydrogen) atoms. The minimum atomic E-state index is -0.0708. The highest BCUT2D eigenvalue weighted by Crippen LogP contribution is 2.58. The molecule has 0 radical (unpaired) electrons. The molecule has 0 amide bonds. The molecule has 0 heterocycles. The molecular weight excluding hydrogens is 210 g/mol. The smallest absolute Gasteiger partial charge is 0.0505 e. The number of nitrogens with two attached hydrogens (primary N) is 1. The van der Waals surface area contributed by atoms with Gasteiger partial charge in [-0.1, -0.05) is 17.7 Å². The first kappa shape index (κ1) is 10.9. The highest BCUT2D eigenvalue weighted by atomic mass is 35.5. The summed E-state index contributed by atoms with van der Waals surface area (Å²) in [5.74, 6) is 0.407. The molecule has 2 rings (SSSR count). The number of hydrogen-bond acceptors (Lipinski definition) is 2. The van der Waals surface area contributed by atoms with Crippen LogP contribution in [0.4, 0.5) is 0 Å². The summed E-state index contributed by atoms with van der Waals surface area (Å²) in [6, 6.07) is 5.92. The second kappa shape index (κ2) is 3.78. The lowest BCUT2D eigenvalue weighted by atomic mass is 9.97. The topological polar surface area (TPSA) is 46.2 Å². The minimum Gasteiger partial charge on any atom is -0.396 e. The van der Waals surface area contributed by atoms with E-state index in [4.69, 9.17) is 17.3 Å². The molecular formula is C12H16ClNO. The third kappa shape index (κ3) is 1.78. The third-order valence-electron chi connectivity index (χ3n) is 3.52. The number of halogens is 1. The molecule has 1 aliphatic rings. The van der Waals surface area contributed by atoms with E-state index < -0.39 is 0 Å². The second-order valence-corrected chi connectivity index (χ2v) is 4.92. The maximum atomic E-state index is 9.33. The molecule has 1 aromatic carbocycles. The molecule has 1 aromatic rings. The predicted octanol–water partition coefficient (Wildman–Crippen LogP) is 2.07. The van der Waals surface area contributed by atoms with Crippen molar-refractivity contribution >= 4 is 11.6 Å². The van der Waals surface area contributed by atoms with E-state index >= 15 is 0 Å². The number of hydrogen-bond donors (Lipinski definition) is 2. The summed E-state index contributed by atoms with van der Waals surface area (Å²) in [6.45, 7) is 2.78. The number of aliphatic hydroxyl groups excluding tert-OH is 1. The van der Waals surface area contributed by atoms with Crippen molar-refractivity contribution in [1.29, 1.82) is 0 Å². The lowest BCUT2D eigenvalue weighted by Crippen LogP contribution is -2.21. The van der Waals surface area contributed by atoms with Crippen molar-refractivity contribution in [2.24, 2.45) is 11.1 Å². The average molecular weight is 226 g/mol. The Morgan fingerprint density at radius 3 is 2.80 bits per heavy atom. The molecule has 3 heteroatoms. The van der Waals surface area contributed by atoms with Crippen molar-refractivity contribution in [3.8, 4) is 0 Å². The quantitative estimate of drug-likeness (QED) is 0.828. The van der Waals surface area contributed by atoms with Crippen LogP contribution < -0.4 is 5.73 Å². The van der Waals surface area contributed by atoms with Crippen molar-refractivity contribution in [2.45, 2.75) is 19.3 Å². The first-order valence-corrected chi connectivity index (χ1v) is 5.58. The fourth-order valence-corrected chi connectivity index (χ4v) is 2.51. The predicted molar refractivity (Wildman–Crippen MR) is 62.1 cm³/mol. The summed E-state index contributed by atoms with van der Waals surface area (Å²) in [5, 5.41) is 10.1. The summed E-state index contributed by atoms with van der Waals surface area (Å²) >= 11 is 5.91. The van der Waals surface area contributed by atoms with Gasteiger partial charge in [0.1, 0.15) is 0 Å². The number of benzene rings is 1. The first-order chi connectivity index (χ1) is 7.13. The van der Waals surface area contributed by atoms with E-state index in [0.29, 0.717) is 12.5 Å². The molecule has 0 bridgehead atoms. The molecule has 0 spiro atoms. The van der Waals surface area contributed by atoms with Crippen LogP contribution in [0.5, 0.6) is 0 Å². The van der Waals surface area contributed by atoms with Crippen LogP contribution in [-0.4, -0.2) is 18.3 Å². The fourth-order valence-electron chi connectivity index (χ4n) is 2.28. The SMILES string of the molecule is Cc1cc(Cl)ccc1C1CC1(CN)CO. The van der Waals surface area contributed by atoms with E-state index in [1.54, 1.807) is 0 Å². The van der Waals surface area contributed by atoms with Crippen molar-refractivity contribution in [1.82, 2.24) is 0 Å². The normalized spacial score (nSPS) is 29.2. The monoisotopic (exact) mass is 225 g/mol. The molecule has 3 N–H and O–H groups in total. The summed E-state index contributed by atoms with van der Waals surface area (Å²) in [5.41, 5.74) is 8.10. The number of rotatable bonds is 3. The zero-order valence-electron chi connectivity index (χ0n) is 8.83. The summed E-state index contributed by atoms with van der Waals surface area (Å²) in [7, 11) is 0. The van der Waals surface area contributed by atoms with Crippen LogP contribution in [0.1, 0.15) is 23.5 Å².